The van der Waals surface area contributed by atoms with Gasteiger partial charge in [0.1, 0.15) is 4.88 Å². The van der Waals surface area contributed by atoms with Crippen molar-refractivity contribution in [3.05, 3.63) is 53.4 Å². The zero-order chi connectivity index (χ0) is 11.5. The van der Waals surface area contributed by atoms with E-state index in [1.54, 1.807) is 12.1 Å². The Labute approximate surface area is 97.5 Å². The van der Waals surface area contributed by atoms with Crippen molar-refractivity contribution in [1.29, 1.82) is 0 Å². The van der Waals surface area contributed by atoms with E-state index in [1.807, 2.05) is 30.3 Å². The predicted octanol–water partition coefficient (Wildman–Crippen LogP) is 3.76. The van der Waals surface area contributed by atoms with E-state index in [9.17, 15) is 4.79 Å². The maximum Gasteiger partial charge on any atom is 0.345 e. The van der Waals surface area contributed by atoms with Crippen molar-refractivity contribution in [2.75, 3.05) is 0 Å². The number of aromatic carboxylic acids is 1. The molecule has 2 rings (SSSR count). The Kier molecular flexibility index (Phi) is 2.88. The van der Waals surface area contributed by atoms with Gasteiger partial charge in [0.05, 0.1) is 0 Å². The highest BCUT2D eigenvalue weighted by atomic mass is 32.1. The highest BCUT2D eigenvalue weighted by molar-refractivity contribution is 7.17. The Balaban J connectivity index is 2.35. The first kappa shape index (κ1) is 10.6. The van der Waals surface area contributed by atoms with E-state index < -0.39 is 5.97 Å². The summed E-state index contributed by atoms with van der Waals surface area (Å²) in [6.45, 7) is 3.69. The number of rotatable bonds is 3. The molecule has 2 aromatic rings. The van der Waals surface area contributed by atoms with Gasteiger partial charge < -0.3 is 5.11 Å². The number of carbonyl (C=O) groups is 1. The molecule has 0 fully saturated rings. The number of carboxylic acid groups (broad SMARTS) is 1. The van der Waals surface area contributed by atoms with Crippen LogP contribution in [0, 0.1) is 0 Å². The lowest BCUT2D eigenvalue weighted by Gasteiger charge is -1.97. The molecule has 80 valence electrons. The van der Waals surface area contributed by atoms with E-state index in [0.29, 0.717) is 4.88 Å². The van der Waals surface area contributed by atoms with Gasteiger partial charge in [-0.2, -0.15) is 0 Å². The monoisotopic (exact) mass is 230 g/mol. The molecule has 0 spiro atoms. The van der Waals surface area contributed by atoms with Crippen molar-refractivity contribution in [1.82, 2.24) is 0 Å². The fraction of sp³-hybridized carbons (Fsp3) is 0. The average molecular weight is 230 g/mol. The molecule has 0 aliphatic carbocycles. The normalized spacial score (nSPS) is 10.0. The second-order valence-electron chi connectivity index (χ2n) is 3.30. The highest BCUT2D eigenvalue weighted by Crippen LogP contribution is 2.28. The lowest BCUT2D eigenvalue weighted by molar-refractivity contribution is 0.0702. The quantitative estimate of drug-likeness (QED) is 0.871. The summed E-state index contributed by atoms with van der Waals surface area (Å²) in [5.41, 5.74) is 2.09. The van der Waals surface area contributed by atoms with Gasteiger partial charge in [-0.25, -0.2) is 4.79 Å². The van der Waals surface area contributed by atoms with Gasteiger partial charge in [0.2, 0.25) is 0 Å². The van der Waals surface area contributed by atoms with Crippen molar-refractivity contribution in [2.45, 2.75) is 0 Å². The topological polar surface area (TPSA) is 37.3 Å². The van der Waals surface area contributed by atoms with Crippen molar-refractivity contribution in [2.24, 2.45) is 0 Å². The molecule has 0 radical (unpaired) electrons. The SMILES string of the molecule is C=Cc1ccc(-c2ccc(C(=O)O)s2)cc1. The zero-order valence-electron chi connectivity index (χ0n) is 8.51. The Morgan fingerprint density at radius 1 is 1.19 bits per heavy atom. The van der Waals surface area contributed by atoms with Gasteiger partial charge in [-0.15, -0.1) is 11.3 Å². The smallest absolute Gasteiger partial charge is 0.345 e. The molecule has 16 heavy (non-hydrogen) atoms. The number of carboxylic acids is 1. The molecule has 0 saturated carbocycles. The largest absolute Gasteiger partial charge is 0.477 e. The third kappa shape index (κ3) is 2.04. The minimum absolute atomic E-state index is 0.364. The van der Waals surface area contributed by atoms with Crippen LogP contribution in [-0.4, -0.2) is 11.1 Å². The van der Waals surface area contributed by atoms with Crippen LogP contribution in [0.15, 0.2) is 43.0 Å². The van der Waals surface area contributed by atoms with E-state index in [-0.39, 0.29) is 0 Å². The maximum atomic E-state index is 10.7. The predicted molar refractivity (Wildman–Crippen MR) is 66.8 cm³/mol. The molecule has 3 heteroatoms. The molecule has 0 aliphatic rings. The first-order chi connectivity index (χ1) is 7.70. The second-order valence-corrected chi connectivity index (χ2v) is 4.38. The van der Waals surface area contributed by atoms with Gasteiger partial charge >= 0.3 is 5.97 Å². The summed E-state index contributed by atoms with van der Waals surface area (Å²) >= 11 is 1.28. The van der Waals surface area contributed by atoms with Gasteiger partial charge in [0, 0.05) is 4.88 Å². The molecule has 1 heterocycles. The van der Waals surface area contributed by atoms with Crippen molar-refractivity contribution < 1.29 is 9.90 Å². The standard InChI is InChI=1S/C13H10O2S/c1-2-9-3-5-10(6-4-9)11-7-8-12(16-11)13(14)15/h2-8H,1H2,(H,14,15). The molecular weight excluding hydrogens is 220 g/mol. The van der Waals surface area contributed by atoms with Gasteiger partial charge in [-0.1, -0.05) is 36.9 Å². The van der Waals surface area contributed by atoms with Crippen LogP contribution in [0.3, 0.4) is 0 Å². The van der Waals surface area contributed by atoms with Gasteiger partial charge in [0.15, 0.2) is 0 Å². The molecule has 0 amide bonds. The van der Waals surface area contributed by atoms with E-state index in [0.717, 1.165) is 16.0 Å². The molecule has 2 nitrogen and oxygen atoms in total. The average Bonchev–Trinajstić information content (AvgIpc) is 2.78. The van der Waals surface area contributed by atoms with E-state index in [2.05, 4.69) is 6.58 Å². The third-order valence-electron chi connectivity index (χ3n) is 2.25. The Bertz CT molecular complexity index is 523. The van der Waals surface area contributed by atoms with Crippen molar-refractivity contribution >= 4 is 23.4 Å². The van der Waals surface area contributed by atoms with Crippen LogP contribution in [0.1, 0.15) is 15.2 Å². The summed E-state index contributed by atoms with van der Waals surface area (Å²) < 4.78 is 0. The van der Waals surface area contributed by atoms with Crippen LogP contribution in [-0.2, 0) is 0 Å². The lowest BCUT2D eigenvalue weighted by Crippen LogP contribution is -1.89. The molecule has 0 saturated heterocycles. The van der Waals surface area contributed by atoms with Gasteiger partial charge in [-0.05, 0) is 23.3 Å². The number of hydrogen-bond donors (Lipinski definition) is 1. The fourth-order valence-electron chi connectivity index (χ4n) is 1.39. The summed E-state index contributed by atoms with van der Waals surface area (Å²) in [5.74, 6) is -0.876. The Morgan fingerprint density at radius 3 is 2.38 bits per heavy atom. The summed E-state index contributed by atoms with van der Waals surface area (Å²) in [6.07, 6.45) is 1.78. The molecular formula is C13H10O2S. The third-order valence-corrected chi connectivity index (χ3v) is 3.37. The molecule has 0 unspecified atom stereocenters. The van der Waals surface area contributed by atoms with Crippen LogP contribution >= 0.6 is 11.3 Å². The summed E-state index contributed by atoms with van der Waals surface area (Å²) in [4.78, 5) is 12.1. The van der Waals surface area contributed by atoms with Crippen LogP contribution < -0.4 is 0 Å². The van der Waals surface area contributed by atoms with Crippen LogP contribution in [0.25, 0.3) is 16.5 Å². The molecule has 1 aromatic heterocycles. The summed E-state index contributed by atoms with van der Waals surface area (Å²) in [5, 5.41) is 8.82. The molecule has 1 N–H and O–H groups in total. The maximum absolute atomic E-state index is 10.7. The van der Waals surface area contributed by atoms with Crippen molar-refractivity contribution in [3.8, 4) is 10.4 Å². The molecule has 0 atom stereocenters. The minimum atomic E-state index is -0.876. The molecule has 0 aliphatic heterocycles. The number of hydrogen-bond acceptors (Lipinski definition) is 2. The van der Waals surface area contributed by atoms with E-state index in [1.165, 1.54) is 11.3 Å². The number of thiophene rings is 1. The van der Waals surface area contributed by atoms with Gasteiger partial charge in [0.25, 0.3) is 0 Å². The van der Waals surface area contributed by atoms with Crippen LogP contribution in [0.4, 0.5) is 0 Å². The molecule has 0 bridgehead atoms. The Hall–Kier alpha value is -1.87. The van der Waals surface area contributed by atoms with Crippen LogP contribution in [0.2, 0.25) is 0 Å². The highest BCUT2D eigenvalue weighted by Gasteiger charge is 2.07. The second kappa shape index (κ2) is 4.33. The number of benzene rings is 1. The van der Waals surface area contributed by atoms with E-state index >= 15 is 0 Å². The summed E-state index contributed by atoms with van der Waals surface area (Å²) in [7, 11) is 0. The molecule has 1 aromatic carbocycles. The summed E-state index contributed by atoms with van der Waals surface area (Å²) in [6, 6.07) is 11.3. The first-order valence-electron chi connectivity index (χ1n) is 4.76. The van der Waals surface area contributed by atoms with E-state index in [4.69, 9.17) is 5.11 Å². The fourth-order valence-corrected chi connectivity index (χ4v) is 2.24. The lowest BCUT2D eigenvalue weighted by atomic mass is 10.1. The van der Waals surface area contributed by atoms with Crippen molar-refractivity contribution in [3.63, 3.8) is 0 Å². The Morgan fingerprint density at radius 2 is 1.88 bits per heavy atom. The van der Waals surface area contributed by atoms with Gasteiger partial charge in [-0.3, -0.25) is 0 Å². The zero-order valence-corrected chi connectivity index (χ0v) is 9.33. The minimum Gasteiger partial charge on any atom is -0.477 e. The first-order valence-corrected chi connectivity index (χ1v) is 5.58. The van der Waals surface area contributed by atoms with Crippen LogP contribution in [0.5, 0.6) is 0 Å².